The first kappa shape index (κ1) is 11.8. The quantitative estimate of drug-likeness (QED) is 0.440. The van der Waals surface area contributed by atoms with Crippen LogP contribution in [-0.4, -0.2) is 45.3 Å². The van der Waals surface area contributed by atoms with E-state index in [2.05, 4.69) is 0 Å². The number of hydrogen-bond acceptors (Lipinski definition) is 4. The SMILES string of the molecule is CC[C@H](O)[C@@H](O)[C@H](O)[C@H](C)CO. The topological polar surface area (TPSA) is 80.9 Å². The number of aliphatic hydroxyl groups is 4. The lowest BCUT2D eigenvalue weighted by atomic mass is 9.96. The highest BCUT2D eigenvalue weighted by Gasteiger charge is 2.27. The van der Waals surface area contributed by atoms with Crippen molar-refractivity contribution in [3.8, 4) is 0 Å². The molecule has 0 aromatic rings. The summed E-state index contributed by atoms with van der Waals surface area (Å²) in [6.07, 6.45) is -2.77. The van der Waals surface area contributed by atoms with Crippen molar-refractivity contribution in [2.75, 3.05) is 6.61 Å². The van der Waals surface area contributed by atoms with Crippen LogP contribution in [-0.2, 0) is 0 Å². The molecule has 0 aliphatic carbocycles. The highest BCUT2D eigenvalue weighted by atomic mass is 16.4. The minimum absolute atomic E-state index is 0.200. The van der Waals surface area contributed by atoms with Gasteiger partial charge in [-0.1, -0.05) is 13.8 Å². The maximum atomic E-state index is 9.32. The standard InChI is InChI=1S/C8H18O4/c1-3-6(10)8(12)7(11)5(2)4-9/h5-12H,3-4H2,1-2H3/t5-,6+,7-,8-/m1/s1. The van der Waals surface area contributed by atoms with Gasteiger partial charge < -0.3 is 20.4 Å². The summed E-state index contributed by atoms with van der Waals surface area (Å²) in [4.78, 5) is 0. The van der Waals surface area contributed by atoms with Crippen LogP contribution in [0.15, 0.2) is 0 Å². The van der Waals surface area contributed by atoms with Gasteiger partial charge in [-0.05, 0) is 6.42 Å². The van der Waals surface area contributed by atoms with Crippen LogP contribution >= 0.6 is 0 Å². The highest BCUT2D eigenvalue weighted by Crippen LogP contribution is 2.11. The van der Waals surface area contributed by atoms with Crippen LogP contribution in [0.4, 0.5) is 0 Å². The maximum Gasteiger partial charge on any atom is 0.106 e. The van der Waals surface area contributed by atoms with E-state index in [0.717, 1.165) is 0 Å². The van der Waals surface area contributed by atoms with E-state index >= 15 is 0 Å². The first-order chi connectivity index (χ1) is 5.54. The largest absolute Gasteiger partial charge is 0.396 e. The van der Waals surface area contributed by atoms with Gasteiger partial charge in [0, 0.05) is 12.5 Å². The highest BCUT2D eigenvalue weighted by molar-refractivity contribution is 4.77. The summed E-state index contributed by atoms with van der Waals surface area (Å²) in [6, 6.07) is 0. The number of aliphatic hydroxyl groups excluding tert-OH is 4. The third-order valence-electron chi connectivity index (χ3n) is 2.03. The van der Waals surface area contributed by atoms with Gasteiger partial charge in [0.2, 0.25) is 0 Å². The zero-order chi connectivity index (χ0) is 9.72. The molecular formula is C8H18O4. The van der Waals surface area contributed by atoms with Gasteiger partial charge in [0.1, 0.15) is 6.10 Å². The summed E-state index contributed by atoms with van der Waals surface area (Å²) in [5.41, 5.74) is 0. The van der Waals surface area contributed by atoms with Gasteiger partial charge in [0.05, 0.1) is 12.2 Å². The Kier molecular flexibility index (Phi) is 5.41. The first-order valence-corrected chi connectivity index (χ1v) is 4.19. The fourth-order valence-corrected chi connectivity index (χ4v) is 0.914. The minimum atomic E-state index is -1.17. The van der Waals surface area contributed by atoms with E-state index < -0.39 is 24.2 Å². The Morgan fingerprint density at radius 2 is 1.58 bits per heavy atom. The van der Waals surface area contributed by atoms with E-state index in [1.807, 2.05) is 0 Å². The minimum Gasteiger partial charge on any atom is -0.396 e. The summed E-state index contributed by atoms with van der Waals surface area (Å²) in [5.74, 6) is -0.416. The molecule has 4 nitrogen and oxygen atoms in total. The van der Waals surface area contributed by atoms with E-state index in [9.17, 15) is 10.2 Å². The van der Waals surface area contributed by atoms with Crippen molar-refractivity contribution in [2.45, 2.75) is 38.6 Å². The Bertz CT molecular complexity index is 104. The van der Waals surface area contributed by atoms with E-state index in [4.69, 9.17) is 10.2 Å². The lowest BCUT2D eigenvalue weighted by Gasteiger charge is -2.25. The normalized spacial score (nSPS) is 21.5. The van der Waals surface area contributed by atoms with Crippen molar-refractivity contribution < 1.29 is 20.4 Å². The number of rotatable bonds is 5. The molecular weight excluding hydrogens is 160 g/mol. The van der Waals surface area contributed by atoms with Crippen molar-refractivity contribution in [3.63, 3.8) is 0 Å². The summed E-state index contributed by atoms with van der Waals surface area (Å²) < 4.78 is 0. The Labute approximate surface area is 72.5 Å². The smallest absolute Gasteiger partial charge is 0.106 e. The second-order valence-corrected chi connectivity index (χ2v) is 3.12. The summed E-state index contributed by atoms with van der Waals surface area (Å²) >= 11 is 0. The molecule has 0 aliphatic heterocycles. The molecule has 0 bridgehead atoms. The molecule has 0 heterocycles. The van der Waals surface area contributed by atoms with Gasteiger partial charge in [-0.2, -0.15) is 0 Å². The van der Waals surface area contributed by atoms with Crippen molar-refractivity contribution in [1.82, 2.24) is 0 Å². The zero-order valence-corrected chi connectivity index (χ0v) is 7.51. The van der Waals surface area contributed by atoms with Crippen LogP contribution in [0.25, 0.3) is 0 Å². The van der Waals surface area contributed by atoms with E-state index in [1.165, 1.54) is 0 Å². The van der Waals surface area contributed by atoms with Crippen molar-refractivity contribution in [3.05, 3.63) is 0 Å². The maximum absolute atomic E-state index is 9.32. The van der Waals surface area contributed by atoms with Gasteiger partial charge in [0.15, 0.2) is 0 Å². The summed E-state index contributed by atoms with van der Waals surface area (Å²) in [5, 5.41) is 36.4. The van der Waals surface area contributed by atoms with Gasteiger partial charge in [-0.3, -0.25) is 0 Å². The molecule has 0 amide bonds. The molecule has 0 saturated carbocycles. The van der Waals surface area contributed by atoms with E-state index in [-0.39, 0.29) is 6.61 Å². The van der Waals surface area contributed by atoms with Gasteiger partial charge in [0.25, 0.3) is 0 Å². The third kappa shape index (κ3) is 3.06. The van der Waals surface area contributed by atoms with Crippen LogP contribution in [0.2, 0.25) is 0 Å². The molecule has 12 heavy (non-hydrogen) atoms. The molecule has 74 valence electrons. The molecule has 0 aromatic carbocycles. The van der Waals surface area contributed by atoms with Crippen LogP contribution in [0.1, 0.15) is 20.3 Å². The predicted octanol–water partition coefficient (Wildman–Crippen LogP) is -0.893. The predicted molar refractivity (Wildman–Crippen MR) is 44.6 cm³/mol. The average Bonchev–Trinajstić information content (AvgIpc) is 2.12. The second-order valence-electron chi connectivity index (χ2n) is 3.12. The molecule has 0 saturated heterocycles. The molecule has 0 aliphatic rings. The fourth-order valence-electron chi connectivity index (χ4n) is 0.914. The van der Waals surface area contributed by atoms with E-state index in [0.29, 0.717) is 6.42 Å². The third-order valence-corrected chi connectivity index (χ3v) is 2.03. The Morgan fingerprint density at radius 3 is 1.92 bits per heavy atom. The second kappa shape index (κ2) is 5.48. The molecule has 4 atom stereocenters. The molecule has 4 N–H and O–H groups in total. The first-order valence-electron chi connectivity index (χ1n) is 4.19. The van der Waals surface area contributed by atoms with Crippen molar-refractivity contribution in [2.24, 2.45) is 5.92 Å². The van der Waals surface area contributed by atoms with Gasteiger partial charge in [-0.25, -0.2) is 0 Å². The summed E-state index contributed by atoms with van der Waals surface area (Å²) in [7, 11) is 0. The van der Waals surface area contributed by atoms with Gasteiger partial charge >= 0.3 is 0 Å². The molecule has 0 spiro atoms. The molecule has 0 rings (SSSR count). The monoisotopic (exact) mass is 178 g/mol. The zero-order valence-electron chi connectivity index (χ0n) is 7.51. The molecule has 0 radical (unpaired) electrons. The molecule has 0 fully saturated rings. The molecule has 0 unspecified atom stereocenters. The molecule has 4 heteroatoms. The lowest BCUT2D eigenvalue weighted by molar-refractivity contribution is -0.0855. The lowest BCUT2D eigenvalue weighted by Crippen LogP contribution is -2.41. The van der Waals surface area contributed by atoms with Crippen molar-refractivity contribution >= 4 is 0 Å². The van der Waals surface area contributed by atoms with Crippen LogP contribution < -0.4 is 0 Å². The van der Waals surface area contributed by atoms with E-state index in [1.54, 1.807) is 13.8 Å². The van der Waals surface area contributed by atoms with Crippen LogP contribution in [0, 0.1) is 5.92 Å². The average molecular weight is 178 g/mol. The Balaban J connectivity index is 3.99. The van der Waals surface area contributed by atoms with Crippen LogP contribution in [0.3, 0.4) is 0 Å². The fraction of sp³-hybridized carbons (Fsp3) is 1.00. The van der Waals surface area contributed by atoms with Crippen molar-refractivity contribution in [1.29, 1.82) is 0 Å². The summed E-state index contributed by atoms with van der Waals surface area (Å²) in [6.45, 7) is 3.12. The Hall–Kier alpha value is -0.160. The Morgan fingerprint density at radius 1 is 1.08 bits per heavy atom. The molecule has 0 aromatic heterocycles. The van der Waals surface area contributed by atoms with Gasteiger partial charge in [-0.15, -0.1) is 0 Å². The van der Waals surface area contributed by atoms with Crippen LogP contribution in [0.5, 0.6) is 0 Å². The number of hydrogen-bond donors (Lipinski definition) is 4.